The fourth-order valence-corrected chi connectivity index (χ4v) is 2.10. The predicted molar refractivity (Wildman–Crippen MR) is 74.7 cm³/mol. The summed E-state index contributed by atoms with van der Waals surface area (Å²) in [5.41, 5.74) is 0.333. The molecule has 0 saturated heterocycles. The van der Waals surface area contributed by atoms with Crippen molar-refractivity contribution in [1.82, 2.24) is 4.90 Å². The lowest BCUT2D eigenvalue weighted by Gasteiger charge is -2.34. The lowest BCUT2D eigenvalue weighted by Crippen LogP contribution is -2.40. The smallest absolute Gasteiger partial charge is 0.141 e. The molecule has 2 N–H and O–H groups in total. The number of aliphatic hydroxyl groups excluding tert-OH is 2. The van der Waals surface area contributed by atoms with Crippen LogP contribution in [0.25, 0.3) is 0 Å². The molecule has 108 valence electrons. The van der Waals surface area contributed by atoms with Gasteiger partial charge in [0.05, 0.1) is 18.2 Å². The maximum Gasteiger partial charge on any atom is 0.141 e. The first-order chi connectivity index (χ1) is 8.83. The highest BCUT2D eigenvalue weighted by molar-refractivity contribution is 6.30. The van der Waals surface area contributed by atoms with Crippen LogP contribution in [0.2, 0.25) is 5.02 Å². The van der Waals surface area contributed by atoms with Gasteiger partial charge in [-0.25, -0.2) is 4.39 Å². The van der Waals surface area contributed by atoms with Gasteiger partial charge < -0.3 is 10.2 Å². The van der Waals surface area contributed by atoms with E-state index >= 15 is 0 Å². The van der Waals surface area contributed by atoms with Crippen LogP contribution in [0.3, 0.4) is 0 Å². The van der Waals surface area contributed by atoms with Crippen LogP contribution in [0.15, 0.2) is 18.2 Å². The monoisotopic (exact) mass is 289 g/mol. The molecule has 19 heavy (non-hydrogen) atoms. The van der Waals surface area contributed by atoms with Gasteiger partial charge in [0.1, 0.15) is 5.82 Å². The van der Waals surface area contributed by atoms with Gasteiger partial charge in [-0.2, -0.15) is 0 Å². The van der Waals surface area contributed by atoms with Gasteiger partial charge >= 0.3 is 0 Å². The molecular weight excluding hydrogens is 269 g/mol. The highest BCUT2D eigenvalue weighted by Crippen LogP contribution is 2.26. The molecule has 0 heterocycles. The molecule has 3 nitrogen and oxygen atoms in total. The molecule has 0 bridgehead atoms. The number of hydrogen-bond acceptors (Lipinski definition) is 3. The summed E-state index contributed by atoms with van der Waals surface area (Å²) in [6.07, 6.45) is 0. The molecular formula is C14H21ClFNO2. The van der Waals surface area contributed by atoms with Crippen LogP contribution < -0.4 is 0 Å². The third-order valence-electron chi connectivity index (χ3n) is 3.48. The lowest BCUT2D eigenvalue weighted by atomic mass is 9.91. The van der Waals surface area contributed by atoms with Crippen molar-refractivity contribution in [2.24, 2.45) is 5.41 Å². The summed E-state index contributed by atoms with van der Waals surface area (Å²) in [4.78, 5) is 2.00. The fourth-order valence-electron chi connectivity index (χ4n) is 1.92. The predicted octanol–water partition coefficient (Wildman–Crippen LogP) is 2.46. The van der Waals surface area contributed by atoms with E-state index in [1.807, 2.05) is 25.8 Å². The van der Waals surface area contributed by atoms with E-state index in [2.05, 4.69) is 0 Å². The Hall–Kier alpha value is -0.680. The zero-order chi connectivity index (χ0) is 14.6. The van der Waals surface area contributed by atoms with E-state index in [1.54, 1.807) is 12.1 Å². The molecule has 0 saturated carbocycles. The van der Waals surface area contributed by atoms with Crippen molar-refractivity contribution in [3.63, 3.8) is 0 Å². The number of hydrogen-bond donors (Lipinski definition) is 2. The number of aliphatic hydroxyl groups is 2. The molecule has 0 amide bonds. The maximum atomic E-state index is 13.1. The summed E-state index contributed by atoms with van der Waals surface area (Å²) in [5, 5.41) is 18.7. The van der Waals surface area contributed by atoms with Crippen molar-refractivity contribution in [1.29, 1.82) is 0 Å². The fraction of sp³-hybridized carbons (Fsp3) is 0.571. The largest absolute Gasteiger partial charge is 0.396 e. The van der Waals surface area contributed by atoms with E-state index in [0.717, 1.165) is 5.56 Å². The average Bonchev–Trinajstić information content (AvgIpc) is 2.40. The molecule has 1 aromatic carbocycles. The highest BCUT2D eigenvalue weighted by atomic mass is 35.5. The van der Waals surface area contributed by atoms with Gasteiger partial charge in [0.2, 0.25) is 0 Å². The number of benzene rings is 1. The normalized spacial score (nSPS) is 13.9. The van der Waals surface area contributed by atoms with Crippen molar-refractivity contribution >= 4 is 11.6 Å². The van der Waals surface area contributed by atoms with Gasteiger partial charge in [0.15, 0.2) is 0 Å². The maximum absolute atomic E-state index is 13.1. The first-order valence-corrected chi connectivity index (χ1v) is 6.57. The Labute approximate surface area is 118 Å². The van der Waals surface area contributed by atoms with E-state index < -0.39 is 11.2 Å². The molecule has 5 heteroatoms. The van der Waals surface area contributed by atoms with Crippen LogP contribution in [0.4, 0.5) is 4.39 Å². The molecule has 0 fully saturated rings. The van der Waals surface area contributed by atoms with Gasteiger partial charge in [-0.1, -0.05) is 24.6 Å². The van der Waals surface area contributed by atoms with Crippen molar-refractivity contribution in [2.75, 3.05) is 26.8 Å². The second-order valence-electron chi connectivity index (χ2n) is 5.39. The molecule has 1 unspecified atom stereocenters. The summed E-state index contributed by atoms with van der Waals surface area (Å²) in [6, 6.07) is 4.65. The average molecular weight is 290 g/mol. The SMILES string of the molecule is CC(c1ccc(F)c(Cl)c1)N(C)CC(C)(CO)CO. The third-order valence-corrected chi connectivity index (χ3v) is 3.77. The van der Waals surface area contributed by atoms with Crippen molar-refractivity contribution in [3.8, 4) is 0 Å². The second kappa shape index (κ2) is 6.66. The Morgan fingerprint density at radius 1 is 1.37 bits per heavy atom. The zero-order valence-electron chi connectivity index (χ0n) is 11.5. The lowest BCUT2D eigenvalue weighted by molar-refractivity contribution is 0.0326. The molecule has 0 aromatic heterocycles. The summed E-state index contributed by atoms with van der Waals surface area (Å²) in [5.74, 6) is -0.434. The molecule has 1 aromatic rings. The first kappa shape index (κ1) is 16.4. The van der Waals surface area contributed by atoms with E-state index in [9.17, 15) is 14.6 Å². The van der Waals surface area contributed by atoms with Crippen LogP contribution in [0.5, 0.6) is 0 Å². The van der Waals surface area contributed by atoms with Crippen molar-refractivity contribution in [3.05, 3.63) is 34.6 Å². The second-order valence-corrected chi connectivity index (χ2v) is 5.80. The van der Waals surface area contributed by atoms with Crippen molar-refractivity contribution in [2.45, 2.75) is 19.9 Å². The van der Waals surface area contributed by atoms with Crippen LogP contribution >= 0.6 is 11.6 Å². The van der Waals surface area contributed by atoms with Crippen LogP contribution in [-0.2, 0) is 0 Å². The third kappa shape index (κ3) is 4.14. The molecule has 0 aliphatic rings. The minimum absolute atomic E-state index is 0.00975. The molecule has 1 rings (SSSR count). The quantitative estimate of drug-likeness (QED) is 0.845. The zero-order valence-corrected chi connectivity index (χ0v) is 12.3. The summed E-state index contributed by atoms with van der Waals surface area (Å²) < 4.78 is 13.1. The van der Waals surface area contributed by atoms with Crippen LogP contribution in [-0.4, -0.2) is 41.9 Å². The summed E-state index contributed by atoms with van der Waals surface area (Å²) in [6.45, 7) is 4.12. The van der Waals surface area contributed by atoms with Gasteiger partial charge in [-0.3, -0.25) is 4.90 Å². The topological polar surface area (TPSA) is 43.7 Å². The van der Waals surface area contributed by atoms with Gasteiger partial charge in [-0.05, 0) is 31.7 Å². The van der Waals surface area contributed by atoms with E-state index in [4.69, 9.17) is 11.6 Å². The van der Waals surface area contributed by atoms with Gasteiger partial charge in [-0.15, -0.1) is 0 Å². The summed E-state index contributed by atoms with van der Waals surface area (Å²) in [7, 11) is 1.89. The molecule has 0 aliphatic carbocycles. The molecule has 0 radical (unpaired) electrons. The molecule has 0 aliphatic heterocycles. The molecule has 0 spiro atoms. The van der Waals surface area contributed by atoms with E-state index in [0.29, 0.717) is 6.54 Å². The van der Waals surface area contributed by atoms with E-state index in [1.165, 1.54) is 6.07 Å². The minimum Gasteiger partial charge on any atom is -0.396 e. The van der Waals surface area contributed by atoms with Gasteiger partial charge in [0, 0.05) is 18.0 Å². The molecule has 1 atom stereocenters. The Morgan fingerprint density at radius 3 is 2.42 bits per heavy atom. The van der Waals surface area contributed by atoms with Crippen LogP contribution in [0.1, 0.15) is 25.5 Å². The Morgan fingerprint density at radius 2 is 1.95 bits per heavy atom. The number of halogens is 2. The first-order valence-electron chi connectivity index (χ1n) is 6.20. The number of rotatable bonds is 6. The summed E-state index contributed by atoms with van der Waals surface area (Å²) >= 11 is 5.78. The standard InChI is InChI=1S/C14H21ClFNO2/c1-10(11-4-5-13(16)12(15)6-11)17(3)7-14(2,8-18)9-19/h4-6,10,18-19H,7-9H2,1-3H3. The Kier molecular flexibility index (Phi) is 5.74. The van der Waals surface area contributed by atoms with Gasteiger partial charge in [0.25, 0.3) is 0 Å². The number of nitrogens with zero attached hydrogens (tertiary/aromatic N) is 1. The van der Waals surface area contributed by atoms with E-state index in [-0.39, 0.29) is 24.3 Å². The Bertz CT molecular complexity index is 424. The highest BCUT2D eigenvalue weighted by Gasteiger charge is 2.26. The minimum atomic E-state index is -0.563. The Balaban J connectivity index is 2.81. The van der Waals surface area contributed by atoms with Crippen LogP contribution in [0, 0.1) is 11.2 Å². The van der Waals surface area contributed by atoms with Crippen molar-refractivity contribution < 1.29 is 14.6 Å².